The summed E-state index contributed by atoms with van der Waals surface area (Å²) in [6.07, 6.45) is 3.32. The fourth-order valence-corrected chi connectivity index (χ4v) is 3.92. The van der Waals surface area contributed by atoms with Crippen LogP contribution < -0.4 is 0 Å². The molecule has 0 N–H and O–H groups in total. The van der Waals surface area contributed by atoms with Crippen LogP contribution in [-0.2, 0) is 13.0 Å². The molecule has 136 valence electrons. The van der Waals surface area contributed by atoms with Crippen molar-refractivity contribution < 1.29 is 4.39 Å². The third-order valence-corrected chi connectivity index (χ3v) is 5.24. The molecule has 1 atom stereocenters. The third-order valence-electron chi connectivity index (χ3n) is 5.24. The Morgan fingerprint density at radius 1 is 0.778 bits per heavy atom. The van der Waals surface area contributed by atoms with Crippen LogP contribution in [-0.4, -0.2) is 18.0 Å². The average molecular weight is 357 g/mol. The van der Waals surface area contributed by atoms with Gasteiger partial charge in [-0.1, -0.05) is 78.9 Å². The summed E-state index contributed by atoms with van der Waals surface area (Å²) in [4.78, 5) is 2.50. The quantitative estimate of drug-likeness (QED) is 0.576. The smallest absolute Gasteiger partial charge is 0.123 e. The first-order valence-corrected chi connectivity index (χ1v) is 9.54. The minimum atomic E-state index is -0.180. The Labute approximate surface area is 160 Å². The van der Waals surface area contributed by atoms with Crippen LogP contribution in [0.3, 0.4) is 0 Å². The zero-order valence-corrected chi connectivity index (χ0v) is 15.4. The van der Waals surface area contributed by atoms with Crippen LogP contribution in [0.1, 0.15) is 16.7 Å². The predicted molar refractivity (Wildman–Crippen MR) is 110 cm³/mol. The van der Waals surface area contributed by atoms with Crippen molar-refractivity contribution in [1.29, 1.82) is 0 Å². The van der Waals surface area contributed by atoms with E-state index in [1.807, 2.05) is 12.1 Å². The molecule has 0 bridgehead atoms. The molecule has 0 saturated heterocycles. The maximum Gasteiger partial charge on any atom is 0.123 e. The summed E-state index contributed by atoms with van der Waals surface area (Å²) in [6, 6.07) is 28.2. The van der Waals surface area contributed by atoms with Gasteiger partial charge < -0.3 is 0 Å². The summed E-state index contributed by atoms with van der Waals surface area (Å²) in [6.45, 7) is 2.89. The predicted octanol–water partition coefficient (Wildman–Crippen LogP) is 5.58. The molecule has 27 heavy (non-hydrogen) atoms. The minimum Gasteiger partial charge on any atom is -0.295 e. The first-order chi connectivity index (χ1) is 13.3. The first kappa shape index (κ1) is 17.7. The van der Waals surface area contributed by atoms with Crippen molar-refractivity contribution in [2.45, 2.75) is 13.0 Å². The van der Waals surface area contributed by atoms with Crippen LogP contribution in [0, 0.1) is 11.7 Å². The molecule has 1 aliphatic rings. The molecule has 0 saturated carbocycles. The summed E-state index contributed by atoms with van der Waals surface area (Å²) in [5.74, 6) is 0.218. The largest absolute Gasteiger partial charge is 0.295 e. The summed E-state index contributed by atoms with van der Waals surface area (Å²) in [7, 11) is 0. The van der Waals surface area contributed by atoms with Crippen LogP contribution in [0.5, 0.6) is 0 Å². The monoisotopic (exact) mass is 357 g/mol. The molecule has 0 aromatic heterocycles. The maximum atomic E-state index is 13.4. The molecular formula is C25H24FN. The van der Waals surface area contributed by atoms with Crippen molar-refractivity contribution in [2.75, 3.05) is 13.1 Å². The number of benzene rings is 3. The molecule has 3 aromatic carbocycles. The lowest BCUT2D eigenvalue weighted by atomic mass is 9.84. The molecule has 1 aliphatic heterocycles. The molecule has 0 radical (unpaired) electrons. The Morgan fingerprint density at radius 2 is 1.41 bits per heavy atom. The average Bonchev–Trinajstić information content (AvgIpc) is 2.71. The number of halogens is 1. The molecule has 0 spiro atoms. The minimum absolute atomic E-state index is 0.180. The molecule has 1 heterocycles. The normalized spacial score (nSPS) is 17.5. The summed E-state index contributed by atoms with van der Waals surface area (Å²) in [5.41, 5.74) is 5.16. The number of nitrogens with zero attached hydrogens (tertiary/aromatic N) is 1. The Bertz CT molecular complexity index is 885. The number of rotatable bonds is 5. The van der Waals surface area contributed by atoms with Gasteiger partial charge >= 0.3 is 0 Å². The van der Waals surface area contributed by atoms with Gasteiger partial charge in [0.25, 0.3) is 0 Å². The van der Waals surface area contributed by atoms with Crippen molar-refractivity contribution in [3.8, 4) is 0 Å². The van der Waals surface area contributed by atoms with E-state index < -0.39 is 0 Å². The highest BCUT2D eigenvalue weighted by Crippen LogP contribution is 2.31. The van der Waals surface area contributed by atoms with Gasteiger partial charge in [-0.05, 0) is 40.8 Å². The van der Waals surface area contributed by atoms with Crippen LogP contribution in [0.25, 0.3) is 5.57 Å². The van der Waals surface area contributed by atoms with Crippen molar-refractivity contribution in [2.24, 2.45) is 5.92 Å². The summed E-state index contributed by atoms with van der Waals surface area (Å²) in [5, 5.41) is 0. The van der Waals surface area contributed by atoms with E-state index >= 15 is 0 Å². The Kier molecular flexibility index (Phi) is 5.45. The fourth-order valence-electron chi connectivity index (χ4n) is 3.92. The Morgan fingerprint density at radius 3 is 2.07 bits per heavy atom. The van der Waals surface area contributed by atoms with E-state index in [-0.39, 0.29) is 5.82 Å². The molecule has 0 amide bonds. The van der Waals surface area contributed by atoms with Gasteiger partial charge in [-0.3, -0.25) is 4.90 Å². The van der Waals surface area contributed by atoms with Gasteiger partial charge in [0.15, 0.2) is 0 Å². The van der Waals surface area contributed by atoms with Gasteiger partial charge in [-0.15, -0.1) is 0 Å². The van der Waals surface area contributed by atoms with Crippen molar-refractivity contribution >= 4 is 5.57 Å². The van der Waals surface area contributed by atoms with E-state index in [0.29, 0.717) is 5.92 Å². The second-order valence-electron chi connectivity index (χ2n) is 7.23. The van der Waals surface area contributed by atoms with Gasteiger partial charge in [-0.25, -0.2) is 4.39 Å². The Hall–Kier alpha value is -2.71. The SMILES string of the molecule is Fc1ccc(C2=CCN(Cc3ccccc3)C[C@H]2Cc2ccccc2)cc1. The first-order valence-electron chi connectivity index (χ1n) is 9.54. The van der Waals surface area contributed by atoms with Crippen molar-refractivity contribution in [3.63, 3.8) is 0 Å². The second kappa shape index (κ2) is 8.32. The standard InChI is InChI=1S/C25H24FN/c26-24-13-11-22(12-14-24)25-15-16-27(18-21-9-5-2-6-10-21)19-23(25)17-20-7-3-1-4-8-20/h1-15,23H,16-19H2/t23-/m1/s1. The van der Waals surface area contributed by atoms with Crippen LogP contribution in [0.4, 0.5) is 4.39 Å². The van der Waals surface area contributed by atoms with E-state index in [0.717, 1.165) is 31.6 Å². The molecule has 3 aromatic rings. The van der Waals surface area contributed by atoms with E-state index in [9.17, 15) is 4.39 Å². The van der Waals surface area contributed by atoms with Crippen LogP contribution >= 0.6 is 0 Å². The fraction of sp³-hybridized carbons (Fsp3) is 0.200. The number of hydrogen-bond acceptors (Lipinski definition) is 1. The molecule has 2 heteroatoms. The zero-order valence-electron chi connectivity index (χ0n) is 15.4. The third kappa shape index (κ3) is 4.53. The van der Waals surface area contributed by atoms with Gasteiger partial charge in [0, 0.05) is 25.6 Å². The summed E-state index contributed by atoms with van der Waals surface area (Å²) < 4.78 is 13.4. The zero-order chi connectivity index (χ0) is 18.5. The van der Waals surface area contributed by atoms with Crippen LogP contribution in [0.15, 0.2) is 91.0 Å². The van der Waals surface area contributed by atoms with E-state index in [1.54, 1.807) is 12.1 Å². The molecule has 4 rings (SSSR count). The van der Waals surface area contributed by atoms with Gasteiger partial charge in [0.2, 0.25) is 0 Å². The lowest BCUT2D eigenvalue weighted by Crippen LogP contribution is -2.34. The summed E-state index contributed by atoms with van der Waals surface area (Å²) >= 11 is 0. The highest BCUT2D eigenvalue weighted by molar-refractivity contribution is 5.69. The van der Waals surface area contributed by atoms with E-state index in [4.69, 9.17) is 0 Å². The lowest BCUT2D eigenvalue weighted by molar-refractivity contribution is 0.256. The lowest BCUT2D eigenvalue weighted by Gasteiger charge is -2.33. The number of hydrogen-bond donors (Lipinski definition) is 0. The molecular weight excluding hydrogens is 333 g/mol. The van der Waals surface area contributed by atoms with Crippen molar-refractivity contribution in [3.05, 3.63) is 114 Å². The Balaban J connectivity index is 1.58. The van der Waals surface area contributed by atoms with E-state index in [1.165, 1.54) is 16.7 Å². The van der Waals surface area contributed by atoms with Crippen molar-refractivity contribution in [1.82, 2.24) is 4.90 Å². The maximum absolute atomic E-state index is 13.4. The van der Waals surface area contributed by atoms with E-state index in [2.05, 4.69) is 71.6 Å². The highest BCUT2D eigenvalue weighted by Gasteiger charge is 2.24. The van der Waals surface area contributed by atoms with Gasteiger partial charge in [0.1, 0.15) is 5.82 Å². The second-order valence-corrected chi connectivity index (χ2v) is 7.23. The highest BCUT2D eigenvalue weighted by atomic mass is 19.1. The molecule has 0 unspecified atom stereocenters. The molecule has 0 fully saturated rings. The molecule has 1 nitrogen and oxygen atoms in total. The van der Waals surface area contributed by atoms with Gasteiger partial charge in [-0.2, -0.15) is 0 Å². The molecule has 0 aliphatic carbocycles. The van der Waals surface area contributed by atoms with Crippen LogP contribution in [0.2, 0.25) is 0 Å². The van der Waals surface area contributed by atoms with Gasteiger partial charge in [0.05, 0.1) is 0 Å². The topological polar surface area (TPSA) is 3.24 Å².